The second-order valence-corrected chi connectivity index (χ2v) is 7.75. The summed E-state index contributed by atoms with van der Waals surface area (Å²) < 4.78 is 13.1. The molecule has 4 rings (SSSR count). The maximum Gasteiger partial charge on any atom is 0.321 e. The second-order valence-electron chi connectivity index (χ2n) is 7.31. The first-order valence-electron chi connectivity index (χ1n) is 8.73. The van der Waals surface area contributed by atoms with Crippen molar-refractivity contribution in [1.82, 2.24) is 4.90 Å². The number of hydrogen-bond acceptors (Lipinski definition) is 2. The number of benzene rings is 2. The number of nitrogens with one attached hydrogen (secondary N) is 1. The molecule has 1 aliphatic carbocycles. The Bertz CT molecular complexity index is 813. The molecule has 1 saturated heterocycles. The lowest BCUT2D eigenvalue weighted by atomic mass is 9.90. The van der Waals surface area contributed by atoms with Crippen LogP contribution in [0.1, 0.15) is 18.4 Å². The minimum atomic E-state index is -0.932. The molecule has 2 amide bonds. The van der Waals surface area contributed by atoms with Crippen LogP contribution >= 0.6 is 11.6 Å². The fourth-order valence-electron chi connectivity index (χ4n) is 4.28. The first-order chi connectivity index (χ1) is 12.4. The van der Waals surface area contributed by atoms with E-state index < -0.39 is 5.60 Å². The van der Waals surface area contributed by atoms with Crippen LogP contribution in [0.5, 0.6) is 0 Å². The van der Waals surface area contributed by atoms with Crippen molar-refractivity contribution in [2.24, 2.45) is 11.8 Å². The predicted octanol–water partition coefficient (Wildman–Crippen LogP) is 4.24. The Morgan fingerprint density at radius 1 is 1.15 bits per heavy atom. The fraction of sp³-hybridized carbons (Fsp3) is 0.350. The molecule has 136 valence electrons. The highest BCUT2D eigenvalue weighted by molar-refractivity contribution is 6.30. The lowest BCUT2D eigenvalue weighted by Crippen LogP contribution is -2.35. The molecule has 1 aliphatic heterocycles. The van der Waals surface area contributed by atoms with Gasteiger partial charge in [-0.25, -0.2) is 9.18 Å². The summed E-state index contributed by atoms with van der Waals surface area (Å²) in [7, 11) is 0. The summed E-state index contributed by atoms with van der Waals surface area (Å²) in [6.45, 7) is 1.22. The monoisotopic (exact) mass is 374 g/mol. The Morgan fingerprint density at radius 2 is 1.81 bits per heavy atom. The lowest BCUT2D eigenvalue weighted by molar-refractivity contribution is 0.0328. The molecule has 2 aliphatic rings. The van der Waals surface area contributed by atoms with Crippen LogP contribution in [0.15, 0.2) is 48.5 Å². The first-order valence-corrected chi connectivity index (χ1v) is 9.11. The molecular weight excluding hydrogens is 355 g/mol. The van der Waals surface area contributed by atoms with Crippen LogP contribution < -0.4 is 5.32 Å². The summed E-state index contributed by atoms with van der Waals surface area (Å²) in [5.74, 6) is 0.185. The molecule has 2 fully saturated rings. The number of amides is 2. The van der Waals surface area contributed by atoms with Gasteiger partial charge in [0.15, 0.2) is 0 Å². The Labute approximate surface area is 156 Å². The van der Waals surface area contributed by atoms with E-state index in [9.17, 15) is 14.3 Å². The van der Waals surface area contributed by atoms with Gasteiger partial charge in [0.25, 0.3) is 0 Å². The summed E-state index contributed by atoms with van der Waals surface area (Å²) in [6.07, 6.45) is 1.18. The Hall–Kier alpha value is -2.11. The van der Waals surface area contributed by atoms with Gasteiger partial charge in [0.05, 0.1) is 5.60 Å². The normalized spacial score (nSPS) is 27.4. The molecule has 0 unspecified atom stereocenters. The first kappa shape index (κ1) is 17.3. The van der Waals surface area contributed by atoms with E-state index in [0.29, 0.717) is 36.6 Å². The van der Waals surface area contributed by atoms with Crippen LogP contribution in [0.2, 0.25) is 5.02 Å². The highest BCUT2D eigenvalue weighted by atomic mass is 35.5. The van der Waals surface area contributed by atoms with Gasteiger partial charge in [-0.2, -0.15) is 0 Å². The van der Waals surface area contributed by atoms with Crippen molar-refractivity contribution in [3.63, 3.8) is 0 Å². The number of anilines is 1. The van der Waals surface area contributed by atoms with Gasteiger partial charge in [-0.15, -0.1) is 0 Å². The number of urea groups is 1. The van der Waals surface area contributed by atoms with Gasteiger partial charge in [-0.3, -0.25) is 0 Å². The Balaban J connectivity index is 1.40. The van der Waals surface area contributed by atoms with E-state index in [1.54, 1.807) is 41.3 Å². The largest absolute Gasteiger partial charge is 0.385 e. The molecule has 1 heterocycles. The van der Waals surface area contributed by atoms with Crippen LogP contribution in [-0.2, 0) is 5.60 Å². The number of likely N-dealkylation sites (tertiary alicyclic amines) is 1. The van der Waals surface area contributed by atoms with Gasteiger partial charge in [-0.05, 0) is 60.6 Å². The molecule has 26 heavy (non-hydrogen) atoms. The molecule has 2 aromatic rings. The molecule has 0 radical (unpaired) electrons. The maximum atomic E-state index is 13.1. The number of rotatable bonds is 2. The number of carbonyl (C=O) groups excluding carboxylic acids is 1. The quantitative estimate of drug-likeness (QED) is 0.826. The summed E-state index contributed by atoms with van der Waals surface area (Å²) in [5.41, 5.74) is 0.490. The van der Waals surface area contributed by atoms with E-state index in [4.69, 9.17) is 11.6 Å². The van der Waals surface area contributed by atoms with Gasteiger partial charge >= 0.3 is 6.03 Å². The highest BCUT2D eigenvalue weighted by Gasteiger charge is 2.49. The number of aliphatic hydroxyl groups is 1. The average Bonchev–Trinajstić information content (AvgIpc) is 3.11. The molecule has 0 spiro atoms. The number of fused-ring (bicyclic) bond motifs is 1. The van der Waals surface area contributed by atoms with Crippen molar-refractivity contribution in [1.29, 1.82) is 0 Å². The van der Waals surface area contributed by atoms with Crippen LogP contribution in [-0.4, -0.2) is 29.1 Å². The van der Waals surface area contributed by atoms with Crippen molar-refractivity contribution in [2.45, 2.75) is 18.4 Å². The number of halogens is 2. The van der Waals surface area contributed by atoms with E-state index in [1.807, 2.05) is 0 Å². The molecular formula is C20H20ClFN2O2. The van der Waals surface area contributed by atoms with Gasteiger partial charge in [0, 0.05) is 23.8 Å². The van der Waals surface area contributed by atoms with Crippen LogP contribution in [0, 0.1) is 17.7 Å². The summed E-state index contributed by atoms with van der Waals surface area (Å²) in [6, 6.07) is 13.0. The Kier molecular flexibility index (Phi) is 4.37. The van der Waals surface area contributed by atoms with Crippen molar-refractivity contribution >= 4 is 23.3 Å². The molecule has 3 atom stereocenters. The van der Waals surface area contributed by atoms with Crippen LogP contribution in [0.25, 0.3) is 0 Å². The van der Waals surface area contributed by atoms with Crippen LogP contribution in [0.4, 0.5) is 14.9 Å². The summed E-state index contributed by atoms with van der Waals surface area (Å²) in [5, 5.41) is 14.4. The highest BCUT2D eigenvalue weighted by Crippen LogP contribution is 2.49. The minimum Gasteiger partial charge on any atom is -0.385 e. The van der Waals surface area contributed by atoms with Gasteiger partial charge in [-0.1, -0.05) is 29.8 Å². The number of hydrogen-bond donors (Lipinski definition) is 2. The van der Waals surface area contributed by atoms with E-state index in [2.05, 4.69) is 5.32 Å². The minimum absolute atomic E-state index is 0.146. The maximum absolute atomic E-state index is 13.1. The zero-order valence-electron chi connectivity index (χ0n) is 14.2. The van der Waals surface area contributed by atoms with E-state index in [1.165, 1.54) is 12.1 Å². The molecule has 0 aromatic heterocycles. The zero-order chi connectivity index (χ0) is 18.3. The average molecular weight is 375 g/mol. The second kappa shape index (κ2) is 6.56. The van der Waals surface area contributed by atoms with Crippen molar-refractivity contribution < 1.29 is 14.3 Å². The topological polar surface area (TPSA) is 52.6 Å². The Morgan fingerprint density at radius 3 is 2.42 bits per heavy atom. The van der Waals surface area contributed by atoms with E-state index >= 15 is 0 Å². The van der Waals surface area contributed by atoms with E-state index in [-0.39, 0.29) is 23.7 Å². The van der Waals surface area contributed by atoms with Gasteiger partial charge in [0.1, 0.15) is 5.82 Å². The smallest absolute Gasteiger partial charge is 0.321 e. The predicted molar refractivity (Wildman–Crippen MR) is 98.6 cm³/mol. The van der Waals surface area contributed by atoms with Crippen molar-refractivity contribution in [3.8, 4) is 0 Å². The third-order valence-electron chi connectivity index (χ3n) is 5.52. The molecule has 2 aromatic carbocycles. The molecule has 6 heteroatoms. The van der Waals surface area contributed by atoms with Crippen molar-refractivity contribution in [3.05, 3.63) is 64.9 Å². The fourth-order valence-corrected chi connectivity index (χ4v) is 4.47. The van der Waals surface area contributed by atoms with Gasteiger partial charge < -0.3 is 15.3 Å². The van der Waals surface area contributed by atoms with Crippen molar-refractivity contribution in [2.75, 3.05) is 18.4 Å². The molecule has 2 N–H and O–H groups in total. The van der Waals surface area contributed by atoms with Gasteiger partial charge in [0.2, 0.25) is 0 Å². The molecule has 0 bridgehead atoms. The van der Waals surface area contributed by atoms with Crippen LogP contribution in [0.3, 0.4) is 0 Å². The molecule has 1 saturated carbocycles. The SMILES string of the molecule is O=C(Nc1cccc(Cl)c1)N1C[C@@H]2C[C@@](O)(c3ccc(F)cc3)C[C@@H]2C1. The number of nitrogens with zero attached hydrogens (tertiary/aromatic N) is 1. The third kappa shape index (κ3) is 3.29. The van der Waals surface area contributed by atoms with E-state index in [0.717, 1.165) is 5.56 Å². The zero-order valence-corrected chi connectivity index (χ0v) is 14.9. The summed E-state index contributed by atoms with van der Waals surface area (Å²) in [4.78, 5) is 14.3. The summed E-state index contributed by atoms with van der Waals surface area (Å²) >= 11 is 5.95. The number of carbonyl (C=O) groups is 1. The molecule has 4 nitrogen and oxygen atoms in total. The lowest BCUT2D eigenvalue weighted by Gasteiger charge is -2.26. The third-order valence-corrected chi connectivity index (χ3v) is 5.76. The standard InChI is InChI=1S/C20H20ClFN2O2/c21-16-2-1-3-18(8-16)23-19(25)24-11-13-9-20(26,10-14(13)12-24)15-4-6-17(22)7-5-15/h1-8,13-14,26H,9-12H2,(H,23,25)/t13-,14+,20-.